The molecule has 86 valence electrons. The van der Waals surface area contributed by atoms with Crippen molar-refractivity contribution in [2.45, 2.75) is 0 Å². The van der Waals surface area contributed by atoms with Crippen molar-refractivity contribution in [2.75, 3.05) is 5.32 Å². The number of anilines is 1. The van der Waals surface area contributed by atoms with Crippen molar-refractivity contribution in [1.82, 2.24) is 9.97 Å². The van der Waals surface area contributed by atoms with E-state index in [0.717, 1.165) is 0 Å². The van der Waals surface area contributed by atoms with E-state index in [4.69, 9.17) is 11.6 Å². The zero-order valence-corrected chi connectivity index (χ0v) is 9.35. The molecule has 0 radical (unpaired) electrons. The van der Waals surface area contributed by atoms with Gasteiger partial charge in [-0.05, 0) is 24.3 Å². The number of halogens is 1. The Balaban J connectivity index is 2.20. The standard InChI is InChI=1S/C11H8ClN3O2/c12-9-6-7(3-5-13-9)15-11(17)10-8(16)2-1-4-14-10/h1-6,16H,(H,13,15,17). The van der Waals surface area contributed by atoms with E-state index in [9.17, 15) is 9.90 Å². The Hall–Kier alpha value is -2.14. The second kappa shape index (κ2) is 4.80. The first-order valence-corrected chi connectivity index (χ1v) is 5.11. The average Bonchev–Trinajstić information content (AvgIpc) is 2.29. The predicted molar refractivity (Wildman–Crippen MR) is 63.1 cm³/mol. The summed E-state index contributed by atoms with van der Waals surface area (Å²) in [6.07, 6.45) is 2.89. The zero-order chi connectivity index (χ0) is 12.3. The maximum Gasteiger partial charge on any atom is 0.278 e. The van der Waals surface area contributed by atoms with Crippen LogP contribution in [0.2, 0.25) is 5.15 Å². The lowest BCUT2D eigenvalue weighted by molar-refractivity contribution is 0.101. The molecule has 17 heavy (non-hydrogen) atoms. The molecule has 2 rings (SSSR count). The number of rotatable bonds is 2. The molecule has 0 bridgehead atoms. The summed E-state index contributed by atoms with van der Waals surface area (Å²) in [4.78, 5) is 19.3. The molecule has 0 aliphatic carbocycles. The summed E-state index contributed by atoms with van der Waals surface area (Å²) in [6.45, 7) is 0. The fourth-order valence-corrected chi connectivity index (χ4v) is 1.42. The van der Waals surface area contributed by atoms with Crippen molar-refractivity contribution < 1.29 is 9.90 Å². The van der Waals surface area contributed by atoms with E-state index in [1.165, 1.54) is 30.6 Å². The molecule has 2 aromatic heterocycles. The molecule has 2 heterocycles. The molecule has 2 aromatic rings. The number of hydrogen-bond acceptors (Lipinski definition) is 4. The zero-order valence-electron chi connectivity index (χ0n) is 8.59. The van der Waals surface area contributed by atoms with Gasteiger partial charge in [0.25, 0.3) is 5.91 Å². The van der Waals surface area contributed by atoms with Crippen LogP contribution in [-0.4, -0.2) is 21.0 Å². The van der Waals surface area contributed by atoms with Gasteiger partial charge in [0.2, 0.25) is 0 Å². The van der Waals surface area contributed by atoms with Crippen LogP contribution in [-0.2, 0) is 0 Å². The summed E-state index contributed by atoms with van der Waals surface area (Å²) in [7, 11) is 0. The number of nitrogens with one attached hydrogen (secondary N) is 1. The SMILES string of the molecule is O=C(Nc1ccnc(Cl)c1)c1ncccc1O. The van der Waals surface area contributed by atoms with Gasteiger partial charge in [-0.25, -0.2) is 9.97 Å². The van der Waals surface area contributed by atoms with Gasteiger partial charge in [-0.2, -0.15) is 0 Å². The minimum absolute atomic E-state index is 0.0413. The first-order valence-electron chi connectivity index (χ1n) is 4.74. The third-order valence-corrected chi connectivity index (χ3v) is 2.19. The monoisotopic (exact) mass is 249 g/mol. The lowest BCUT2D eigenvalue weighted by Crippen LogP contribution is -2.13. The maximum atomic E-state index is 11.7. The van der Waals surface area contributed by atoms with Crippen LogP contribution in [0.1, 0.15) is 10.5 Å². The second-order valence-electron chi connectivity index (χ2n) is 3.19. The number of amides is 1. The van der Waals surface area contributed by atoms with Gasteiger partial charge >= 0.3 is 0 Å². The molecule has 0 saturated heterocycles. The van der Waals surface area contributed by atoms with Crippen molar-refractivity contribution in [2.24, 2.45) is 0 Å². The average molecular weight is 250 g/mol. The summed E-state index contributed by atoms with van der Waals surface area (Å²) in [5.74, 6) is -0.685. The molecule has 0 aliphatic rings. The number of nitrogens with zero attached hydrogens (tertiary/aromatic N) is 2. The Labute approximate surface area is 102 Å². The number of aromatic hydroxyl groups is 1. The number of pyridine rings is 2. The predicted octanol–water partition coefficient (Wildman–Crippen LogP) is 2.09. The quantitative estimate of drug-likeness (QED) is 0.799. The smallest absolute Gasteiger partial charge is 0.278 e. The molecule has 0 aromatic carbocycles. The Morgan fingerprint density at radius 1 is 1.29 bits per heavy atom. The molecule has 0 spiro atoms. The normalized spacial score (nSPS) is 9.94. The highest BCUT2D eigenvalue weighted by Gasteiger charge is 2.12. The van der Waals surface area contributed by atoms with Gasteiger partial charge in [0.1, 0.15) is 10.9 Å². The number of aromatic nitrogens is 2. The van der Waals surface area contributed by atoms with Gasteiger partial charge in [0.15, 0.2) is 5.69 Å². The molecule has 6 heteroatoms. The van der Waals surface area contributed by atoms with Gasteiger partial charge < -0.3 is 10.4 Å². The van der Waals surface area contributed by atoms with E-state index >= 15 is 0 Å². The summed E-state index contributed by atoms with van der Waals surface area (Å²) in [5, 5.41) is 12.3. The lowest BCUT2D eigenvalue weighted by Gasteiger charge is -2.05. The Bertz CT molecular complexity index is 560. The van der Waals surface area contributed by atoms with Crippen LogP contribution in [0.5, 0.6) is 5.75 Å². The molecule has 0 unspecified atom stereocenters. The van der Waals surface area contributed by atoms with E-state index in [0.29, 0.717) is 5.69 Å². The molecule has 0 aliphatic heterocycles. The summed E-state index contributed by atoms with van der Waals surface area (Å²) in [5.41, 5.74) is 0.445. The van der Waals surface area contributed by atoms with E-state index in [-0.39, 0.29) is 16.6 Å². The third-order valence-electron chi connectivity index (χ3n) is 1.99. The van der Waals surface area contributed by atoms with Crippen molar-refractivity contribution in [1.29, 1.82) is 0 Å². The highest BCUT2D eigenvalue weighted by Crippen LogP contribution is 2.16. The van der Waals surface area contributed by atoms with E-state index in [1.807, 2.05) is 0 Å². The summed E-state index contributed by atoms with van der Waals surface area (Å²) < 4.78 is 0. The third kappa shape index (κ3) is 2.70. The fraction of sp³-hybridized carbons (Fsp3) is 0. The highest BCUT2D eigenvalue weighted by molar-refractivity contribution is 6.29. The van der Waals surface area contributed by atoms with Crippen LogP contribution in [0, 0.1) is 0 Å². The highest BCUT2D eigenvalue weighted by atomic mass is 35.5. The molecule has 0 fully saturated rings. The Morgan fingerprint density at radius 3 is 2.82 bits per heavy atom. The molecule has 0 saturated carbocycles. The first-order chi connectivity index (χ1) is 8.16. The largest absolute Gasteiger partial charge is 0.505 e. The topological polar surface area (TPSA) is 75.1 Å². The molecular formula is C11H8ClN3O2. The van der Waals surface area contributed by atoms with Crippen LogP contribution in [0.4, 0.5) is 5.69 Å². The Morgan fingerprint density at radius 2 is 2.12 bits per heavy atom. The minimum atomic E-state index is -0.509. The molecule has 2 N–H and O–H groups in total. The first kappa shape index (κ1) is 11.3. The summed E-state index contributed by atoms with van der Waals surface area (Å²) in [6, 6.07) is 6.01. The van der Waals surface area contributed by atoms with Gasteiger partial charge in [-0.3, -0.25) is 4.79 Å². The molecule has 1 amide bonds. The number of carbonyl (C=O) groups excluding carboxylic acids is 1. The van der Waals surface area contributed by atoms with Crippen molar-refractivity contribution in [3.05, 3.63) is 47.5 Å². The van der Waals surface area contributed by atoms with Crippen LogP contribution >= 0.6 is 11.6 Å². The maximum absolute atomic E-state index is 11.7. The molecular weight excluding hydrogens is 242 g/mol. The van der Waals surface area contributed by atoms with Gasteiger partial charge in [0, 0.05) is 18.1 Å². The molecule has 0 atom stereocenters. The molecule has 5 nitrogen and oxygen atoms in total. The minimum Gasteiger partial charge on any atom is -0.505 e. The van der Waals surface area contributed by atoms with E-state index < -0.39 is 5.91 Å². The fourth-order valence-electron chi connectivity index (χ4n) is 1.24. The van der Waals surface area contributed by atoms with Crippen molar-refractivity contribution in [3.8, 4) is 5.75 Å². The summed E-state index contributed by atoms with van der Waals surface area (Å²) >= 11 is 5.68. The van der Waals surface area contributed by atoms with Crippen LogP contribution in [0.25, 0.3) is 0 Å². The van der Waals surface area contributed by atoms with E-state index in [2.05, 4.69) is 15.3 Å². The van der Waals surface area contributed by atoms with Gasteiger partial charge in [-0.1, -0.05) is 11.6 Å². The van der Waals surface area contributed by atoms with Crippen LogP contribution < -0.4 is 5.32 Å². The van der Waals surface area contributed by atoms with Crippen molar-refractivity contribution in [3.63, 3.8) is 0 Å². The van der Waals surface area contributed by atoms with Gasteiger partial charge in [0.05, 0.1) is 0 Å². The van der Waals surface area contributed by atoms with Crippen LogP contribution in [0.3, 0.4) is 0 Å². The number of hydrogen-bond donors (Lipinski definition) is 2. The number of carbonyl (C=O) groups is 1. The second-order valence-corrected chi connectivity index (χ2v) is 3.58. The van der Waals surface area contributed by atoms with E-state index in [1.54, 1.807) is 6.07 Å². The van der Waals surface area contributed by atoms with Crippen LogP contribution in [0.15, 0.2) is 36.7 Å². The Kier molecular flexibility index (Phi) is 3.20. The lowest BCUT2D eigenvalue weighted by atomic mass is 10.3. The van der Waals surface area contributed by atoms with Crippen molar-refractivity contribution >= 4 is 23.2 Å². The van der Waals surface area contributed by atoms with Gasteiger partial charge in [-0.15, -0.1) is 0 Å².